The van der Waals surface area contributed by atoms with Crippen molar-refractivity contribution in [3.63, 3.8) is 0 Å². The van der Waals surface area contributed by atoms with Crippen molar-refractivity contribution in [1.29, 1.82) is 0 Å². The number of ether oxygens (including phenoxy) is 1. The van der Waals surface area contributed by atoms with Gasteiger partial charge in [0.1, 0.15) is 12.4 Å². The molecule has 2 heteroatoms. The molecule has 112 valence electrons. The van der Waals surface area contributed by atoms with Crippen molar-refractivity contribution in [3.8, 4) is 5.75 Å². The highest BCUT2D eigenvalue weighted by atomic mass is 16.5. The molecule has 0 aliphatic heterocycles. The second-order valence-corrected chi connectivity index (χ2v) is 6.45. The molecule has 0 heterocycles. The van der Waals surface area contributed by atoms with Crippen molar-refractivity contribution in [2.24, 2.45) is 11.8 Å². The van der Waals surface area contributed by atoms with Crippen LogP contribution in [0, 0.1) is 25.7 Å². The van der Waals surface area contributed by atoms with E-state index >= 15 is 0 Å². The van der Waals surface area contributed by atoms with E-state index in [1.165, 1.54) is 30.4 Å². The number of rotatable bonds is 5. The number of hydrogen-bond donors (Lipinski definition) is 1. The quantitative estimate of drug-likeness (QED) is 0.817. The average molecular weight is 275 g/mol. The Hall–Kier alpha value is -1.02. The van der Waals surface area contributed by atoms with Crippen molar-refractivity contribution in [2.45, 2.75) is 53.0 Å². The fraction of sp³-hybridized carbons (Fsp3) is 0.667. The van der Waals surface area contributed by atoms with E-state index < -0.39 is 0 Å². The van der Waals surface area contributed by atoms with Crippen LogP contribution in [0.25, 0.3) is 0 Å². The molecule has 1 N–H and O–H groups in total. The van der Waals surface area contributed by atoms with Crippen molar-refractivity contribution >= 4 is 0 Å². The summed E-state index contributed by atoms with van der Waals surface area (Å²) in [5.74, 6) is 2.65. The summed E-state index contributed by atoms with van der Waals surface area (Å²) < 4.78 is 5.88. The molecule has 1 aliphatic rings. The number of benzene rings is 1. The SMILES string of the molecule is Cc1ccc(OCCN[C@@H]2CCC[C@H](C)[C@@H]2C)c(C)c1. The highest BCUT2D eigenvalue weighted by Gasteiger charge is 2.26. The van der Waals surface area contributed by atoms with Gasteiger partial charge in [-0.15, -0.1) is 0 Å². The molecule has 0 amide bonds. The zero-order chi connectivity index (χ0) is 14.5. The number of hydrogen-bond acceptors (Lipinski definition) is 2. The normalized spacial score (nSPS) is 26.5. The molecule has 1 aromatic carbocycles. The average Bonchev–Trinajstić information content (AvgIpc) is 2.41. The molecule has 0 spiro atoms. The molecule has 1 fully saturated rings. The Kier molecular flexibility index (Phi) is 5.47. The van der Waals surface area contributed by atoms with Crippen LogP contribution in [-0.4, -0.2) is 19.2 Å². The molecule has 0 saturated heterocycles. The predicted molar refractivity (Wildman–Crippen MR) is 85.4 cm³/mol. The molecule has 1 aromatic rings. The maximum absolute atomic E-state index is 5.88. The second kappa shape index (κ2) is 7.12. The van der Waals surface area contributed by atoms with E-state index in [1.54, 1.807) is 0 Å². The Balaban J connectivity index is 1.73. The highest BCUT2D eigenvalue weighted by Crippen LogP contribution is 2.29. The van der Waals surface area contributed by atoms with E-state index in [0.29, 0.717) is 6.04 Å². The van der Waals surface area contributed by atoms with Gasteiger partial charge in [-0.2, -0.15) is 0 Å². The van der Waals surface area contributed by atoms with Gasteiger partial charge in [0.2, 0.25) is 0 Å². The molecule has 1 saturated carbocycles. The Labute approximate surface area is 123 Å². The summed E-state index contributed by atoms with van der Waals surface area (Å²) in [4.78, 5) is 0. The molecule has 0 bridgehead atoms. The van der Waals surface area contributed by atoms with Gasteiger partial charge in [0.05, 0.1) is 0 Å². The van der Waals surface area contributed by atoms with Gasteiger partial charge in [0.25, 0.3) is 0 Å². The number of nitrogens with one attached hydrogen (secondary N) is 1. The molecular weight excluding hydrogens is 246 g/mol. The maximum atomic E-state index is 5.88. The summed E-state index contributed by atoms with van der Waals surface area (Å²) in [6, 6.07) is 7.03. The van der Waals surface area contributed by atoms with Gasteiger partial charge in [-0.25, -0.2) is 0 Å². The molecule has 2 rings (SSSR count). The van der Waals surface area contributed by atoms with Crippen molar-refractivity contribution in [3.05, 3.63) is 29.3 Å². The second-order valence-electron chi connectivity index (χ2n) is 6.45. The Bertz CT molecular complexity index is 429. The lowest BCUT2D eigenvalue weighted by Gasteiger charge is -2.34. The van der Waals surface area contributed by atoms with Gasteiger partial charge in [-0.3, -0.25) is 0 Å². The van der Waals surface area contributed by atoms with Crippen molar-refractivity contribution in [1.82, 2.24) is 5.32 Å². The van der Waals surface area contributed by atoms with Crippen molar-refractivity contribution < 1.29 is 4.74 Å². The van der Waals surface area contributed by atoms with E-state index in [2.05, 4.69) is 51.2 Å². The molecule has 0 unspecified atom stereocenters. The minimum atomic E-state index is 0.668. The van der Waals surface area contributed by atoms with E-state index in [1.807, 2.05) is 0 Å². The van der Waals surface area contributed by atoms with Crippen LogP contribution in [0.2, 0.25) is 0 Å². The topological polar surface area (TPSA) is 21.3 Å². The van der Waals surface area contributed by atoms with Crippen LogP contribution in [0.1, 0.15) is 44.2 Å². The van der Waals surface area contributed by atoms with E-state index in [9.17, 15) is 0 Å². The number of aryl methyl sites for hydroxylation is 2. The van der Waals surface area contributed by atoms with Gasteiger partial charge >= 0.3 is 0 Å². The fourth-order valence-corrected chi connectivity index (χ4v) is 3.24. The summed E-state index contributed by atoms with van der Waals surface area (Å²) in [6.45, 7) is 10.7. The van der Waals surface area contributed by atoms with Crippen LogP contribution < -0.4 is 10.1 Å². The summed E-state index contributed by atoms with van der Waals surface area (Å²) in [5, 5.41) is 3.68. The molecular formula is C18H29NO. The Morgan fingerprint density at radius 1 is 1.20 bits per heavy atom. The molecule has 0 radical (unpaired) electrons. The summed E-state index contributed by atoms with van der Waals surface area (Å²) in [6.07, 6.45) is 4.06. The van der Waals surface area contributed by atoms with E-state index in [-0.39, 0.29) is 0 Å². The first-order chi connectivity index (χ1) is 9.58. The first-order valence-corrected chi connectivity index (χ1v) is 8.01. The lowest BCUT2D eigenvalue weighted by molar-refractivity contribution is 0.197. The van der Waals surface area contributed by atoms with E-state index in [0.717, 1.165) is 30.7 Å². The highest BCUT2D eigenvalue weighted by molar-refractivity contribution is 5.35. The minimum Gasteiger partial charge on any atom is -0.492 e. The Morgan fingerprint density at radius 2 is 2.00 bits per heavy atom. The first-order valence-electron chi connectivity index (χ1n) is 8.01. The van der Waals surface area contributed by atoms with Crippen LogP contribution in [-0.2, 0) is 0 Å². The summed E-state index contributed by atoms with van der Waals surface area (Å²) in [5.41, 5.74) is 2.52. The summed E-state index contributed by atoms with van der Waals surface area (Å²) >= 11 is 0. The third-order valence-corrected chi connectivity index (χ3v) is 4.80. The predicted octanol–water partition coefficient (Wildman–Crippen LogP) is 4.10. The lowest BCUT2D eigenvalue weighted by atomic mass is 9.78. The van der Waals surface area contributed by atoms with Gasteiger partial charge < -0.3 is 10.1 Å². The molecule has 1 aliphatic carbocycles. The van der Waals surface area contributed by atoms with Gasteiger partial charge in [-0.05, 0) is 43.7 Å². The van der Waals surface area contributed by atoms with Crippen LogP contribution in [0.4, 0.5) is 0 Å². The smallest absolute Gasteiger partial charge is 0.122 e. The lowest BCUT2D eigenvalue weighted by Crippen LogP contribution is -2.42. The largest absolute Gasteiger partial charge is 0.492 e. The molecule has 0 aromatic heterocycles. The standard InChI is InChI=1S/C18H29NO/c1-13-8-9-18(15(3)12-13)20-11-10-19-17-7-5-6-14(2)16(17)4/h8-9,12,14,16-17,19H,5-7,10-11H2,1-4H3/t14-,16-,17+/m0/s1. The third-order valence-electron chi connectivity index (χ3n) is 4.80. The van der Waals surface area contributed by atoms with Crippen LogP contribution in [0.5, 0.6) is 5.75 Å². The monoisotopic (exact) mass is 275 g/mol. The Morgan fingerprint density at radius 3 is 2.75 bits per heavy atom. The van der Waals surface area contributed by atoms with Gasteiger partial charge in [-0.1, -0.05) is 44.4 Å². The van der Waals surface area contributed by atoms with Crippen LogP contribution in [0.15, 0.2) is 18.2 Å². The maximum Gasteiger partial charge on any atom is 0.122 e. The van der Waals surface area contributed by atoms with E-state index in [4.69, 9.17) is 4.74 Å². The third kappa shape index (κ3) is 3.99. The van der Waals surface area contributed by atoms with Crippen LogP contribution >= 0.6 is 0 Å². The van der Waals surface area contributed by atoms with Gasteiger partial charge in [0.15, 0.2) is 0 Å². The fourth-order valence-electron chi connectivity index (χ4n) is 3.24. The zero-order valence-corrected chi connectivity index (χ0v) is 13.4. The van der Waals surface area contributed by atoms with Gasteiger partial charge in [0, 0.05) is 12.6 Å². The molecule has 2 nitrogen and oxygen atoms in total. The van der Waals surface area contributed by atoms with Crippen LogP contribution in [0.3, 0.4) is 0 Å². The zero-order valence-electron chi connectivity index (χ0n) is 13.4. The molecule has 3 atom stereocenters. The summed E-state index contributed by atoms with van der Waals surface area (Å²) in [7, 11) is 0. The molecule has 20 heavy (non-hydrogen) atoms. The minimum absolute atomic E-state index is 0.668. The first kappa shape index (κ1) is 15.4. The van der Waals surface area contributed by atoms with Crippen molar-refractivity contribution in [2.75, 3.05) is 13.2 Å².